The molecule has 0 radical (unpaired) electrons. The molecule has 63 heavy (non-hydrogen) atoms. The van der Waals surface area contributed by atoms with Crippen LogP contribution in [0, 0.1) is 5.92 Å². The minimum absolute atomic E-state index is 0.0101. The predicted octanol–water partition coefficient (Wildman–Crippen LogP) is 7.96. The third-order valence-electron chi connectivity index (χ3n) is 9.32. The Hall–Kier alpha value is -7.72. The minimum Gasteiger partial charge on any atom is -0.446 e. The van der Waals surface area contributed by atoms with Gasteiger partial charge in [-0.25, -0.2) is 19.0 Å². The topological polar surface area (TPSA) is 199 Å². The molecule has 0 fully saturated rings. The van der Waals surface area contributed by atoms with Gasteiger partial charge in [0.1, 0.15) is 33.9 Å². The number of aryl methyl sites for hydroxylation is 2. The molecule has 2 N–H and O–H groups in total. The summed E-state index contributed by atoms with van der Waals surface area (Å²) in [5.41, 5.74) is 2.05. The molecule has 0 aliphatic heterocycles. The van der Waals surface area contributed by atoms with Gasteiger partial charge in [0, 0.05) is 47.4 Å². The van der Waals surface area contributed by atoms with Crippen molar-refractivity contribution in [3.8, 4) is 22.5 Å². The average Bonchev–Trinajstić information content (AvgIpc) is 3.31. The van der Waals surface area contributed by atoms with Crippen molar-refractivity contribution in [3.63, 3.8) is 0 Å². The molecule has 0 bridgehead atoms. The Labute approximate surface area is 366 Å². The van der Waals surface area contributed by atoms with E-state index in [2.05, 4.69) is 30.8 Å². The summed E-state index contributed by atoms with van der Waals surface area (Å²) >= 11 is 5.58. The summed E-state index contributed by atoms with van der Waals surface area (Å²) in [5, 5.41) is 16.6. The number of halogens is 1. The Morgan fingerprint density at radius 1 is 0.651 bits per heavy atom. The molecule has 0 spiro atoms. The van der Waals surface area contributed by atoms with Gasteiger partial charge in [0.25, 0.3) is 11.1 Å². The van der Waals surface area contributed by atoms with Crippen molar-refractivity contribution < 1.29 is 28.6 Å². The van der Waals surface area contributed by atoms with Gasteiger partial charge in [-0.2, -0.15) is 10.2 Å². The first-order valence-corrected chi connectivity index (χ1v) is 20.3. The number of aromatic nitrogens is 6. The SMILES string of the molecule is CCn1nc(-c2ccccc2)c(C(=O)OCCl)c(Nc2cccnc2)c1=O.CCn1nc(-c2ccccc2)c(C(=O)OCOC(=O)C(C)C)c(Nc2cncc3ccccc23)c1=O. The van der Waals surface area contributed by atoms with E-state index in [0.717, 1.165) is 10.8 Å². The molecule has 0 amide bonds. The molecule has 0 aliphatic rings. The van der Waals surface area contributed by atoms with Crippen LogP contribution in [0.3, 0.4) is 0 Å². The van der Waals surface area contributed by atoms with Gasteiger partial charge in [-0.05, 0) is 26.0 Å². The van der Waals surface area contributed by atoms with Crippen LogP contribution in [0.5, 0.6) is 0 Å². The standard InChI is InChI=1S/C27H26N4O5.C19H17ClN4O3/c1-4-31-25(32)24(29-21-15-28-14-19-12-8-9-13-20(19)21)22(23(30-31)18-10-6-5-7-11-18)27(34)36-16-35-26(33)17(2)3;1-2-24-18(25)17(22-14-9-6-10-21-11-14)15(19(26)27-12-20)16(23-24)13-7-4-3-5-8-13/h5-15,17,29H,4,16H2,1-3H3;3-11,22H,2,12H2,1H3. The van der Waals surface area contributed by atoms with Gasteiger partial charge in [0.05, 0.1) is 29.7 Å². The number of pyridine rings is 2. The maximum absolute atomic E-state index is 13.4. The summed E-state index contributed by atoms with van der Waals surface area (Å²) in [4.78, 5) is 72.5. The number of nitrogens with zero attached hydrogens (tertiary/aromatic N) is 6. The number of esters is 3. The molecule has 17 heteroatoms. The van der Waals surface area contributed by atoms with Gasteiger partial charge in [-0.1, -0.05) is 110 Å². The molecule has 4 heterocycles. The fraction of sp³-hybridized carbons (Fsp3) is 0.196. The lowest BCUT2D eigenvalue weighted by molar-refractivity contribution is -0.155. The fourth-order valence-electron chi connectivity index (χ4n) is 6.23. The van der Waals surface area contributed by atoms with Gasteiger partial charge in [-0.3, -0.25) is 24.4 Å². The summed E-state index contributed by atoms with van der Waals surface area (Å²) in [6.07, 6.45) is 6.46. The minimum atomic E-state index is -0.853. The molecule has 0 aliphatic carbocycles. The van der Waals surface area contributed by atoms with Crippen LogP contribution >= 0.6 is 11.6 Å². The number of anilines is 4. The normalized spacial score (nSPS) is 10.7. The number of hydrogen-bond acceptors (Lipinski definition) is 14. The fourth-order valence-corrected chi connectivity index (χ4v) is 6.33. The van der Waals surface area contributed by atoms with Crippen molar-refractivity contribution in [2.45, 2.75) is 40.8 Å². The van der Waals surface area contributed by atoms with E-state index in [9.17, 15) is 24.0 Å². The van der Waals surface area contributed by atoms with Crippen LogP contribution in [0.15, 0.2) is 131 Å². The average molecular weight is 871 g/mol. The molecule has 0 saturated carbocycles. The van der Waals surface area contributed by atoms with E-state index in [1.165, 1.54) is 9.36 Å². The van der Waals surface area contributed by atoms with Crippen LogP contribution in [0.2, 0.25) is 0 Å². The maximum Gasteiger partial charge on any atom is 0.345 e. The number of rotatable bonds is 14. The first-order chi connectivity index (χ1) is 30.6. The van der Waals surface area contributed by atoms with Gasteiger partial charge in [0.15, 0.2) is 6.07 Å². The summed E-state index contributed by atoms with van der Waals surface area (Å²) in [6, 6.07) is 28.8. The Balaban J connectivity index is 0.000000219. The molecule has 0 unspecified atom stereocenters. The quantitative estimate of drug-likeness (QED) is 0.0606. The van der Waals surface area contributed by atoms with Gasteiger partial charge >= 0.3 is 17.9 Å². The second-order valence-corrected chi connectivity index (χ2v) is 14.0. The smallest absolute Gasteiger partial charge is 0.345 e. The van der Waals surface area contributed by atoms with Crippen LogP contribution in [0.25, 0.3) is 33.3 Å². The zero-order chi connectivity index (χ0) is 44.9. The Kier molecular flexibility index (Phi) is 15.1. The van der Waals surface area contributed by atoms with Crippen LogP contribution < -0.4 is 21.8 Å². The summed E-state index contributed by atoms with van der Waals surface area (Å²) in [6.45, 7) is 6.96. The van der Waals surface area contributed by atoms with Gasteiger partial charge in [-0.15, -0.1) is 0 Å². The highest BCUT2D eigenvalue weighted by Crippen LogP contribution is 2.31. The molecule has 0 atom stereocenters. The molecule has 3 aromatic carbocycles. The van der Waals surface area contributed by atoms with Crippen molar-refractivity contribution >= 4 is 63.0 Å². The van der Waals surface area contributed by atoms with Crippen LogP contribution in [-0.4, -0.2) is 60.3 Å². The highest BCUT2D eigenvalue weighted by molar-refractivity contribution is 6.18. The summed E-state index contributed by atoms with van der Waals surface area (Å²) in [7, 11) is 0. The number of benzene rings is 3. The third kappa shape index (κ3) is 10.6. The number of ether oxygens (including phenoxy) is 3. The van der Waals surface area contributed by atoms with E-state index < -0.39 is 35.8 Å². The molecule has 4 aromatic heterocycles. The van der Waals surface area contributed by atoms with Crippen LogP contribution in [0.4, 0.5) is 22.7 Å². The molecule has 7 rings (SSSR count). The van der Waals surface area contributed by atoms with E-state index in [-0.39, 0.29) is 46.7 Å². The van der Waals surface area contributed by atoms with Gasteiger partial charge in [0.2, 0.25) is 6.79 Å². The highest BCUT2D eigenvalue weighted by atomic mass is 35.5. The van der Waals surface area contributed by atoms with E-state index >= 15 is 0 Å². The van der Waals surface area contributed by atoms with Crippen LogP contribution in [-0.2, 0) is 32.1 Å². The largest absolute Gasteiger partial charge is 0.446 e. The van der Waals surface area contributed by atoms with Crippen molar-refractivity contribution in [2.75, 3.05) is 23.5 Å². The lowest BCUT2D eigenvalue weighted by Gasteiger charge is -2.17. The Bertz CT molecular complexity index is 2830. The second-order valence-electron chi connectivity index (χ2n) is 13.8. The van der Waals surface area contributed by atoms with E-state index in [1.54, 1.807) is 101 Å². The monoisotopic (exact) mass is 870 g/mol. The number of fused-ring (bicyclic) bond motifs is 1. The van der Waals surface area contributed by atoms with Crippen molar-refractivity contribution in [1.82, 2.24) is 29.5 Å². The van der Waals surface area contributed by atoms with Crippen molar-refractivity contribution in [1.29, 1.82) is 0 Å². The van der Waals surface area contributed by atoms with Gasteiger partial charge < -0.3 is 24.8 Å². The van der Waals surface area contributed by atoms with Crippen molar-refractivity contribution in [3.05, 3.63) is 154 Å². The molecule has 7 aromatic rings. The first-order valence-electron chi connectivity index (χ1n) is 19.8. The predicted molar refractivity (Wildman–Crippen MR) is 239 cm³/mol. The molecular weight excluding hydrogens is 828 g/mol. The molecular formula is C46H43ClN8O8. The zero-order valence-electron chi connectivity index (χ0n) is 34.8. The van der Waals surface area contributed by atoms with E-state index in [1.807, 2.05) is 48.5 Å². The first kappa shape index (κ1) is 44.8. The lowest BCUT2D eigenvalue weighted by atomic mass is 10.0. The number of nitrogens with one attached hydrogen (secondary N) is 2. The van der Waals surface area contributed by atoms with Crippen molar-refractivity contribution in [2.24, 2.45) is 5.92 Å². The Morgan fingerprint density at radius 3 is 1.75 bits per heavy atom. The lowest BCUT2D eigenvalue weighted by Crippen LogP contribution is -2.29. The summed E-state index contributed by atoms with van der Waals surface area (Å²) < 4.78 is 17.8. The molecule has 16 nitrogen and oxygen atoms in total. The summed E-state index contributed by atoms with van der Waals surface area (Å²) in [5.74, 6) is -2.47. The maximum atomic E-state index is 13.4. The number of carbonyl (C=O) groups excluding carboxylic acids is 3. The van der Waals surface area contributed by atoms with E-state index in [0.29, 0.717) is 34.7 Å². The van der Waals surface area contributed by atoms with Crippen LogP contribution in [0.1, 0.15) is 48.4 Å². The zero-order valence-corrected chi connectivity index (χ0v) is 35.5. The number of carbonyl (C=O) groups is 3. The highest BCUT2D eigenvalue weighted by Gasteiger charge is 2.28. The number of alkyl halides is 1. The van der Waals surface area contributed by atoms with E-state index in [4.69, 9.17) is 25.8 Å². The number of hydrogen-bond donors (Lipinski definition) is 2. The third-order valence-corrected chi connectivity index (χ3v) is 9.43. The Morgan fingerprint density at radius 2 is 1.21 bits per heavy atom. The molecule has 322 valence electrons. The molecule has 0 saturated heterocycles. The second kappa shape index (κ2) is 21.2.